The van der Waals surface area contributed by atoms with Gasteiger partial charge in [0.1, 0.15) is 12.1 Å². The maximum Gasteiger partial charge on any atom is 0.281 e. The third-order valence-corrected chi connectivity index (χ3v) is 10.9. The molecule has 4 aliphatic heterocycles. The first-order valence-electron chi connectivity index (χ1n) is 16.4. The van der Waals surface area contributed by atoms with Gasteiger partial charge in [0.25, 0.3) is 21.9 Å². The number of hydrogen-bond donors (Lipinski definition) is 4. The number of aromatic amines is 1. The van der Waals surface area contributed by atoms with E-state index in [-0.39, 0.29) is 23.8 Å². The zero-order valence-electron chi connectivity index (χ0n) is 28.0. The molecule has 0 bridgehead atoms. The number of nitrogens with zero attached hydrogens (tertiary/aromatic N) is 3. The van der Waals surface area contributed by atoms with Gasteiger partial charge in [-0.05, 0) is 77.3 Å². The molecule has 3 fully saturated rings. The van der Waals surface area contributed by atoms with E-state index in [1.165, 1.54) is 15.8 Å². The number of ether oxygens (including phenoxy) is 1. The van der Waals surface area contributed by atoms with E-state index in [1.54, 1.807) is 18.7 Å². The monoisotopic (exact) mass is 749 g/mol. The second kappa shape index (κ2) is 12.2. The van der Waals surface area contributed by atoms with Crippen LogP contribution in [0.15, 0.2) is 28.9 Å². The predicted octanol–water partition coefficient (Wildman–Crippen LogP) is 2.70. The predicted molar refractivity (Wildman–Crippen MR) is 182 cm³/mol. The summed E-state index contributed by atoms with van der Waals surface area (Å²) in [6.07, 6.45) is 5.20. The van der Waals surface area contributed by atoms with Crippen molar-refractivity contribution in [1.82, 2.24) is 25.0 Å². The summed E-state index contributed by atoms with van der Waals surface area (Å²) in [6, 6.07) is 4.76. The summed E-state index contributed by atoms with van der Waals surface area (Å²) in [7, 11) is -1.64. The Morgan fingerprint density at radius 1 is 1.23 bits per heavy atom. The molecule has 2 aromatic rings. The van der Waals surface area contributed by atoms with E-state index in [2.05, 4.69) is 43.3 Å². The van der Waals surface area contributed by atoms with Crippen LogP contribution in [0.4, 0.5) is 0 Å². The maximum absolute atomic E-state index is 14.4. The number of aromatic nitrogens is 1. The molecule has 0 saturated carbocycles. The lowest BCUT2D eigenvalue weighted by Crippen LogP contribution is -2.71. The first-order chi connectivity index (χ1) is 22.4. The van der Waals surface area contributed by atoms with Gasteiger partial charge in [0, 0.05) is 36.0 Å². The second-order valence-electron chi connectivity index (χ2n) is 14.4. The molecule has 0 spiro atoms. The number of piperazine rings is 1. The molecule has 0 unspecified atom stereocenters. The average Bonchev–Trinajstić information content (AvgIpc) is 3.66. The van der Waals surface area contributed by atoms with Crippen LogP contribution in [0.25, 0.3) is 16.5 Å². The molecule has 5 heterocycles. The van der Waals surface area contributed by atoms with Crippen molar-refractivity contribution in [1.29, 1.82) is 0 Å². The van der Waals surface area contributed by atoms with Crippen LogP contribution in [0, 0.1) is 17.8 Å². The number of amides is 3. The smallest absolute Gasteiger partial charge is 0.281 e. The number of rotatable bonds is 5. The number of halogens is 1. The van der Waals surface area contributed by atoms with Crippen molar-refractivity contribution in [3.63, 3.8) is 0 Å². The summed E-state index contributed by atoms with van der Waals surface area (Å²) >= 11 is 3.70. The van der Waals surface area contributed by atoms with Crippen molar-refractivity contribution in [2.24, 2.45) is 17.8 Å². The van der Waals surface area contributed by atoms with Crippen LogP contribution >= 0.6 is 15.9 Å². The van der Waals surface area contributed by atoms with Crippen LogP contribution in [0.2, 0.25) is 0 Å². The van der Waals surface area contributed by atoms with Gasteiger partial charge in [-0.1, -0.05) is 45.9 Å². The van der Waals surface area contributed by atoms with E-state index in [4.69, 9.17) is 9.29 Å². The van der Waals surface area contributed by atoms with Crippen LogP contribution in [-0.2, 0) is 35.7 Å². The average molecular weight is 751 g/mol. The van der Waals surface area contributed by atoms with Gasteiger partial charge >= 0.3 is 0 Å². The number of hydrogen-bond acceptors (Lipinski definition) is 8. The molecule has 48 heavy (non-hydrogen) atoms. The number of nitrogens with one attached hydrogen (secondary N) is 2. The highest BCUT2D eigenvalue weighted by Gasteiger charge is 2.72. The van der Waals surface area contributed by atoms with Gasteiger partial charge in [0.15, 0.2) is 0 Å². The Kier molecular flexibility index (Phi) is 8.90. The Labute approximate surface area is 288 Å². The molecule has 13 nitrogen and oxygen atoms in total. The molecule has 15 heteroatoms. The van der Waals surface area contributed by atoms with E-state index in [9.17, 15) is 27.9 Å². The zero-order chi connectivity index (χ0) is 35.1. The van der Waals surface area contributed by atoms with Gasteiger partial charge in [0.2, 0.25) is 17.5 Å². The number of carbonyl (C=O) groups excluding carboxylic acids is 3. The lowest BCUT2D eigenvalue weighted by atomic mass is 9.79. The molecule has 1 aromatic carbocycles. The summed E-state index contributed by atoms with van der Waals surface area (Å²) in [5.74, 6) is -4.01. The first-order valence-corrected chi connectivity index (χ1v) is 19.0. The lowest BCUT2D eigenvalue weighted by molar-refractivity contribution is -0.322. The molecular weight excluding hydrogens is 706 g/mol. The van der Waals surface area contributed by atoms with Crippen molar-refractivity contribution in [2.75, 3.05) is 26.4 Å². The van der Waals surface area contributed by atoms with E-state index in [0.717, 1.165) is 34.1 Å². The molecule has 3 saturated heterocycles. The highest BCUT2D eigenvalue weighted by Crippen LogP contribution is 2.49. The molecule has 4 N–H and O–H groups in total. The molecule has 262 valence electrons. The Morgan fingerprint density at radius 2 is 1.92 bits per heavy atom. The fraction of sp³-hybridized carbons (Fsp3) is 0.606. The van der Waals surface area contributed by atoms with Crippen LogP contribution in [0.3, 0.4) is 0 Å². The standard InChI is InChI=1S/C32H40BrN5O5.CH4O3S/c1-16(2)12-24-29(40)37-11-7-10-25(37)32(42)38(24)30(41)31(43-32,17(3)4)35-28(39)18-13-20-19-8-6-9-22-26(19)21(27(33)34-22)14-23(20)36(5)15-18;1-5(2,3)4/h6,8-9,13,16-18,23-25,34,42H,7,10-12,14-15H2,1-5H3,(H,35,39);1H3,(H,2,3,4)/t18-,23-,24+,25-,31-,32+;/m1./s1. The highest BCUT2D eigenvalue weighted by molar-refractivity contribution is 9.10. The molecule has 0 radical (unpaired) electrons. The largest absolute Gasteiger partial charge is 0.349 e. The molecule has 7 rings (SSSR count). The number of H-pyrrole nitrogens is 1. The molecule has 3 amide bonds. The number of fused-ring (bicyclic) bond motifs is 5. The molecule has 6 atom stereocenters. The van der Waals surface area contributed by atoms with Gasteiger partial charge in [-0.25, -0.2) is 0 Å². The summed E-state index contributed by atoms with van der Waals surface area (Å²) < 4.78 is 33.3. The van der Waals surface area contributed by atoms with Gasteiger partial charge in [-0.2, -0.15) is 8.42 Å². The summed E-state index contributed by atoms with van der Waals surface area (Å²) in [4.78, 5) is 50.8. The van der Waals surface area contributed by atoms with Crippen LogP contribution in [-0.4, -0.2) is 112 Å². The Bertz CT molecular complexity index is 1800. The van der Waals surface area contributed by atoms with Crippen molar-refractivity contribution >= 4 is 60.2 Å². The SMILES string of the molecule is CC(C)C[C@H]1C(=O)N2CCC[C@@H]2[C@]2(O)O[C@](NC(=O)[C@@H]3C=C4c5cccc6[nH]c(Br)c(c56)C[C@H]4N(C)C3)(C(C)C)C(=O)N12.CS(=O)(=O)O. The summed E-state index contributed by atoms with van der Waals surface area (Å²) in [5.41, 5.74) is 2.68. The fourth-order valence-electron chi connectivity index (χ4n) is 8.15. The Balaban J connectivity index is 0.000000749. The van der Waals surface area contributed by atoms with E-state index >= 15 is 0 Å². The second-order valence-corrected chi connectivity index (χ2v) is 16.7. The number of benzene rings is 1. The van der Waals surface area contributed by atoms with Crippen LogP contribution in [0.5, 0.6) is 0 Å². The van der Waals surface area contributed by atoms with Crippen LogP contribution < -0.4 is 5.32 Å². The maximum atomic E-state index is 14.4. The van der Waals surface area contributed by atoms with E-state index in [0.29, 0.717) is 32.2 Å². The van der Waals surface area contributed by atoms with Gasteiger partial charge in [-0.3, -0.25) is 33.5 Å². The fourth-order valence-corrected chi connectivity index (χ4v) is 8.72. The summed E-state index contributed by atoms with van der Waals surface area (Å²) in [6.45, 7) is 8.57. The van der Waals surface area contributed by atoms with Crippen molar-refractivity contribution < 1.29 is 37.2 Å². The number of carbonyl (C=O) groups is 3. The topological polar surface area (TPSA) is 173 Å². The third-order valence-electron chi connectivity index (χ3n) is 10.3. The summed E-state index contributed by atoms with van der Waals surface area (Å²) in [5, 5.41) is 16.3. The molecule has 5 aliphatic rings. The normalized spacial score (nSPS) is 31.4. The number of likely N-dealkylation sites (N-methyl/N-ethyl adjacent to an activating group) is 1. The third kappa shape index (κ3) is 5.69. The Morgan fingerprint density at radius 3 is 2.56 bits per heavy atom. The van der Waals surface area contributed by atoms with Crippen LogP contribution in [0.1, 0.15) is 58.1 Å². The van der Waals surface area contributed by atoms with Crippen molar-refractivity contribution in [3.05, 3.63) is 40.0 Å². The van der Waals surface area contributed by atoms with Crippen molar-refractivity contribution in [3.8, 4) is 0 Å². The van der Waals surface area contributed by atoms with Gasteiger partial charge < -0.3 is 20.3 Å². The van der Waals surface area contributed by atoms with Gasteiger partial charge in [-0.15, -0.1) is 0 Å². The molecule has 1 aromatic heterocycles. The quantitative estimate of drug-likeness (QED) is 0.336. The number of aliphatic hydroxyl groups is 1. The van der Waals surface area contributed by atoms with E-state index < -0.39 is 51.6 Å². The molecular formula is C33H44BrN5O8S. The van der Waals surface area contributed by atoms with Gasteiger partial charge in [0.05, 0.1) is 16.8 Å². The minimum Gasteiger partial charge on any atom is -0.349 e. The minimum atomic E-state index is -3.67. The zero-order valence-corrected chi connectivity index (χ0v) is 30.4. The van der Waals surface area contributed by atoms with Crippen molar-refractivity contribution in [2.45, 2.75) is 83.1 Å². The van der Waals surface area contributed by atoms with E-state index in [1.807, 2.05) is 33.0 Å². The highest BCUT2D eigenvalue weighted by atomic mass is 79.9. The minimum absolute atomic E-state index is 0.104. The molecule has 1 aliphatic carbocycles. The lowest BCUT2D eigenvalue weighted by Gasteiger charge is -2.49. The first kappa shape index (κ1) is 35.0. The Hall–Kier alpha value is -2.82.